The summed E-state index contributed by atoms with van der Waals surface area (Å²) >= 11 is 0. The minimum absolute atomic E-state index is 0.109. The van der Waals surface area contributed by atoms with E-state index in [0.717, 1.165) is 31.9 Å². The van der Waals surface area contributed by atoms with E-state index in [0.29, 0.717) is 13.1 Å². The van der Waals surface area contributed by atoms with Gasteiger partial charge in [0.2, 0.25) is 10.0 Å². The minimum Gasteiger partial charge on any atom is -0.357 e. The smallest absolute Gasteiger partial charge is 0.211 e. The Hall–Kier alpha value is -0.820. The second-order valence-corrected chi connectivity index (χ2v) is 5.93. The highest BCUT2D eigenvalue weighted by Gasteiger charge is 2.04. The molecular formula is C11H26N4O2S. The topological polar surface area (TPSA) is 82.6 Å². The SMILES string of the molecule is CCCCN=C(NCC)NCCNS(=O)(=O)CC. The Bertz CT molecular complexity index is 328. The predicted octanol–water partition coefficient (Wildman–Crippen LogP) is 0.281. The monoisotopic (exact) mass is 278 g/mol. The summed E-state index contributed by atoms with van der Waals surface area (Å²) in [5.41, 5.74) is 0. The van der Waals surface area contributed by atoms with Crippen molar-refractivity contribution in [3.63, 3.8) is 0 Å². The Morgan fingerprint density at radius 1 is 1.11 bits per heavy atom. The molecule has 0 aliphatic heterocycles. The first-order valence-corrected chi connectivity index (χ1v) is 8.20. The molecule has 0 aromatic rings. The second-order valence-electron chi connectivity index (χ2n) is 3.84. The lowest BCUT2D eigenvalue weighted by Gasteiger charge is -2.11. The number of hydrogen-bond acceptors (Lipinski definition) is 3. The van der Waals surface area contributed by atoms with Gasteiger partial charge >= 0.3 is 0 Å². The van der Waals surface area contributed by atoms with Crippen molar-refractivity contribution in [2.75, 3.05) is 31.9 Å². The maximum absolute atomic E-state index is 11.2. The Kier molecular flexibility index (Phi) is 9.67. The fourth-order valence-corrected chi connectivity index (χ4v) is 1.80. The Morgan fingerprint density at radius 2 is 1.83 bits per heavy atom. The molecular weight excluding hydrogens is 252 g/mol. The lowest BCUT2D eigenvalue weighted by molar-refractivity contribution is 0.581. The van der Waals surface area contributed by atoms with E-state index in [-0.39, 0.29) is 5.75 Å². The van der Waals surface area contributed by atoms with Crippen molar-refractivity contribution in [3.05, 3.63) is 0 Å². The van der Waals surface area contributed by atoms with Gasteiger partial charge in [-0.1, -0.05) is 13.3 Å². The van der Waals surface area contributed by atoms with Crippen LogP contribution >= 0.6 is 0 Å². The first-order chi connectivity index (χ1) is 8.55. The molecule has 18 heavy (non-hydrogen) atoms. The predicted molar refractivity (Wildman–Crippen MR) is 76.4 cm³/mol. The number of nitrogens with one attached hydrogen (secondary N) is 3. The van der Waals surface area contributed by atoms with Gasteiger partial charge in [0.05, 0.1) is 5.75 Å². The van der Waals surface area contributed by atoms with Gasteiger partial charge in [-0.3, -0.25) is 4.99 Å². The zero-order valence-electron chi connectivity index (χ0n) is 11.6. The maximum atomic E-state index is 11.2. The van der Waals surface area contributed by atoms with Crippen LogP contribution in [0.1, 0.15) is 33.6 Å². The van der Waals surface area contributed by atoms with Gasteiger partial charge in [-0.25, -0.2) is 13.1 Å². The molecule has 0 aliphatic rings. The fourth-order valence-electron chi connectivity index (χ4n) is 1.18. The van der Waals surface area contributed by atoms with E-state index >= 15 is 0 Å². The third-order valence-corrected chi connectivity index (χ3v) is 3.65. The van der Waals surface area contributed by atoms with E-state index in [1.165, 1.54) is 0 Å². The molecule has 0 bridgehead atoms. The molecule has 0 saturated carbocycles. The summed E-state index contributed by atoms with van der Waals surface area (Å²) in [5, 5.41) is 6.20. The van der Waals surface area contributed by atoms with Gasteiger partial charge in [0.25, 0.3) is 0 Å². The number of guanidine groups is 1. The molecule has 0 unspecified atom stereocenters. The average Bonchev–Trinajstić information content (AvgIpc) is 2.35. The zero-order valence-corrected chi connectivity index (χ0v) is 12.4. The van der Waals surface area contributed by atoms with Crippen LogP contribution < -0.4 is 15.4 Å². The van der Waals surface area contributed by atoms with E-state index in [9.17, 15) is 8.42 Å². The quantitative estimate of drug-likeness (QED) is 0.321. The number of unbranched alkanes of at least 4 members (excludes halogenated alkanes) is 1. The fraction of sp³-hybridized carbons (Fsp3) is 0.909. The standard InChI is InChI=1S/C11H26N4O2S/c1-4-7-8-13-11(12-5-2)14-9-10-15-18(16,17)6-3/h15H,4-10H2,1-3H3,(H2,12,13,14). The van der Waals surface area contributed by atoms with Gasteiger partial charge in [0.15, 0.2) is 5.96 Å². The summed E-state index contributed by atoms with van der Waals surface area (Å²) in [6, 6.07) is 0. The van der Waals surface area contributed by atoms with Gasteiger partial charge in [0, 0.05) is 26.2 Å². The number of hydrogen-bond donors (Lipinski definition) is 3. The van der Waals surface area contributed by atoms with E-state index in [2.05, 4.69) is 27.3 Å². The highest BCUT2D eigenvalue weighted by Crippen LogP contribution is 1.86. The zero-order chi connectivity index (χ0) is 13.9. The largest absolute Gasteiger partial charge is 0.357 e. The van der Waals surface area contributed by atoms with Crippen molar-refractivity contribution < 1.29 is 8.42 Å². The molecule has 6 nitrogen and oxygen atoms in total. The molecule has 0 saturated heterocycles. The van der Waals surface area contributed by atoms with Crippen LogP contribution in [0.3, 0.4) is 0 Å². The molecule has 7 heteroatoms. The molecule has 0 aromatic carbocycles. The van der Waals surface area contributed by atoms with Gasteiger partial charge in [-0.15, -0.1) is 0 Å². The lowest BCUT2D eigenvalue weighted by Crippen LogP contribution is -2.41. The molecule has 0 radical (unpaired) electrons. The molecule has 3 N–H and O–H groups in total. The summed E-state index contributed by atoms with van der Waals surface area (Å²) in [7, 11) is -3.10. The Morgan fingerprint density at radius 3 is 2.39 bits per heavy atom. The van der Waals surface area contributed by atoms with Gasteiger partial charge in [-0.05, 0) is 20.3 Å². The lowest BCUT2D eigenvalue weighted by atomic mass is 10.3. The third-order valence-electron chi connectivity index (χ3n) is 2.25. The summed E-state index contributed by atoms with van der Waals surface area (Å²) in [5.74, 6) is 0.846. The number of rotatable bonds is 9. The summed E-state index contributed by atoms with van der Waals surface area (Å²) in [6.45, 7) is 8.20. The van der Waals surface area contributed by atoms with Crippen LogP contribution in [0.5, 0.6) is 0 Å². The number of aliphatic imine (C=N–C) groups is 1. The van der Waals surface area contributed by atoms with Crippen LogP contribution in [0.15, 0.2) is 4.99 Å². The molecule has 0 spiro atoms. The van der Waals surface area contributed by atoms with E-state index in [4.69, 9.17) is 0 Å². The average molecular weight is 278 g/mol. The van der Waals surface area contributed by atoms with E-state index in [1.54, 1.807) is 6.92 Å². The van der Waals surface area contributed by atoms with Gasteiger partial charge < -0.3 is 10.6 Å². The molecule has 0 fully saturated rings. The van der Waals surface area contributed by atoms with Gasteiger partial charge in [-0.2, -0.15) is 0 Å². The molecule has 0 atom stereocenters. The molecule has 0 rings (SSSR count). The summed E-state index contributed by atoms with van der Waals surface area (Å²) in [6.07, 6.45) is 2.16. The minimum atomic E-state index is -3.10. The molecule has 108 valence electrons. The third kappa shape index (κ3) is 9.23. The van der Waals surface area contributed by atoms with Gasteiger partial charge in [0.1, 0.15) is 0 Å². The Labute approximate surface area is 111 Å². The first kappa shape index (κ1) is 17.2. The van der Waals surface area contributed by atoms with Crippen molar-refractivity contribution in [3.8, 4) is 0 Å². The highest BCUT2D eigenvalue weighted by atomic mass is 32.2. The number of sulfonamides is 1. The number of nitrogens with zero attached hydrogens (tertiary/aromatic N) is 1. The van der Waals surface area contributed by atoms with E-state index in [1.807, 2.05) is 6.92 Å². The molecule has 0 aromatic heterocycles. The van der Waals surface area contributed by atoms with E-state index < -0.39 is 10.0 Å². The summed E-state index contributed by atoms with van der Waals surface area (Å²) in [4.78, 5) is 4.37. The van der Waals surface area contributed by atoms with Crippen LogP contribution in [0.4, 0.5) is 0 Å². The first-order valence-electron chi connectivity index (χ1n) is 6.55. The normalized spacial score (nSPS) is 12.5. The van der Waals surface area contributed by atoms with Crippen LogP contribution in [-0.2, 0) is 10.0 Å². The van der Waals surface area contributed by atoms with Crippen molar-refractivity contribution in [1.29, 1.82) is 0 Å². The molecule has 0 heterocycles. The van der Waals surface area contributed by atoms with Crippen molar-refractivity contribution >= 4 is 16.0 Å². The van der Waals surface area contributed by atoms with Crippen molar-refractivity contribution in [1.82, 2.24) is 15.4 Å². The van der Waals surface area contributed by atoms with Crippen LogP contribution in [0.25, 0.3) is 0 Å². The van der Waals surface area contributed by atoms with Crippen LogP contribution in [-0.4, -0.2) is 46.3 Å². The summed E-state index contributed by atoms with van der Waals surface area (Å²) < 4.78 is 24.9. The van der Waals surface area contributed by atoms with Crippen molar-refractivity contribution in [2.24, 2.45) is 4.99 Å². The van der Waals surface area contributed by atoms with Crippen LogP contribution in [0.2, 0.25) is 0 Å². The molecule has 0 aliphatic carbocycles. The maximum Gasteiger partial charge on any atom is 0.211 e. The second kappa shape index (κ2) is 10.1. The Balaban J connectivity index is 3.93. The van der Waals surface area contributed by atoms with Crippen molar-refractivity contribution in [2.45, 2.75) is 33.6 Å². The molecule has 0 amide bonds. The highest BCUT2D eigenvalue weighted by molar-refractivity contribution is 7.89. The van der Waals surface area contributed by atoms with Crippen LogP contribution in [0, 0.1) is 0 Å².